The van der Waals surface area contributed by atoms with Gasteiger partial charge in [-0.05, 0) is 54.9 Å². The first kappa shape index (κ1) is 13.1. The highest BCUT2D eigenvalue weighted by atomic mass is 16.5. The Kier molecular flexibility index (Phi) is 3.22. The normalized spacial score (nSPS) is 17.5. The fourth-order valence-corrected chi connectivity index (χ4v) is 3.15. The molecular formula is C17H19NO2. The van der Waals surface area contributed by atoms with Gasteiger partial charge >= 0.3 is 5.97 Å². The quantitative estimate of drug-likeness (QED) is 0.785. The third kappa shape index (κ3) is 1.98. The van der Waals surface area contributed by atoms with Crippen molar-refractivity contribution < 1.29 is 9.53 Å². The lowest BCUT2D eigenvalue weighted by molar-refractivity contribution is 0.0599. The van der Waals surface area contributed by atoms with E-state index in [9.17, 15) is 4.79 Å². The van der Waals surface area contributed by atoms with Crippen molar-refractivity contribution in [3.05, 3.63) is 47.0 Å². The minimum atomic E-state index is -0.240. The first-order chi connectivity index (χ1) is 9.61. The van der Waals surface area contributed by atoms with Gasteiger partial charge in [0.1, 0.15) is 0 Å². The lowest BCUT2D eigenvalue weighted by atomic mass is 9.83. The Bertz CT molecular complexity index is 676. The van der Waals surface area contributed by atoms with Crippen LogP contribution < -0.4 is 0 Å². The van der Waals surface area contributed by atoms with E-state index >= 15 is 0 Å². The second-order valence-corrected chi connectivity index (χ2v) is 5.62. The van der Waals surface area contributed by atoms with E-state index in [1.165, 1.54) is 23.4 Å². The maximum atomic E-state index is 12.0. The average molecular weight is 269 g/mol. The van der Waals surface area contributed by atoms with Crippen LogP contribution in [0.3, 0.4) is 0 Å². The molecule has 3 rings (SSSR count). The molecule has 0 heterocycles. The van der Waals surface area contributed by atoms with E-state index in [0.29, 0.717) is 11.6 Å². The van der Waals surface area contributed by atoms with Crippen LogP contribution >= 0.6 is 0 Å². The lowest BCUT2D eigenvalue weighted by Crippen LogP contribution is -2.35. The predicted molar refractivity (Wildman–Crippen MR) is 80.2 cm³/mol. The first-order valence-electron chi connectivity index (χ1n) is 6.90. The maximum Gasteiger partial charge on any atom is 0.338 e. The molecule has 1 unspecified atom stereocenters. The third-order valence-corrected chi connectivity index (χ3v) is 4.27. The van der Waals surface area contributed by atoms with Crippen molar-refractivity contribution >= 4 is 16.7 Å². The number of ether oxygens (including phenoxy) is 1. The highest BCUT2D eigenvalue weighted by Gasteiger charge is 2.26. The van der Waals surface area contributed by atoms with Crippen molar-refractivity contribution in [1.82, 2.24) is 4.90 Å². The number of hydrogen-bond donors (Lipinski definition) is 0. The van der Waals surface area contributed by atoms with Crippen LogP contribution in [-0.2, 0) is 17.6 Å². The van der Waals surface area contributed by atoms with Gasteiger partial charge in [-0.1, -0.05) is 24.3 Å². The van der Waals surface area contributed by atoms with E-state index < -0.39 is 0 Å². The third-order valence-electron chi connectivity index (χ3n) is 4.27. The molecule has 104 valence electrons. The number of benzene rings is 2. The summed E-state index contributed by atoms with van der Waals surface area (Å²) in [5, 5.41) is 2.45. The predicted octanol–water partition coefficient (Wildman–Crippen LogP) is 2.66. The fourth-order valence-electron chi connectivity index (χ4n) is 3.15. The van der Waals surface area contributed by atoms with Gasteiger partial charge in [0.15, 0.2) is 0 Å². The summed E-state index contributed by atoms with van der Waals surface area (Å²) < 4.78 is 4.93. The molecule has 0 bridgehead atoms. The van der Waals surface area contributed by atoms with Gasteiger partial charge in [-0.2, -0.15) is 0 Å². The Labute approximate surface area is 119 Å². The summed E-state index contributed by atoms with van der Waals surface area (Å²) in [4.78, 5) is 14.2. The minimum absolute atomic E-state index is 0.240. The molecule has 0 aromatic heterocycles. The Balaban J connectivity index is 2.25. The van der Waals surface area contributed by atoms with Crippen LogP contribution in [-0.4, -0.2) is 38.1 Å². The van der Waals surface area contributed by atoms with Gasteiger partial charge in [0.05, 0.1) is 12.7 Å². The summed E-state index contributed by atoms with van der Waals surface area (Å²) in [5.41, 5.74) is 3.17. The molecule has 0 aliphatic heterocycles. The van der Waals surface area contributed by atoms with Crippen molar-refractivity contribution in [2.45, 2.75) is 18.9 Å². The fraction of sp³-hybridized carbons (Fsp3) is 0.353. The van der Waals surface area contributed by atoms with Crippen molar-refractivity contribution in [2.24, 2.45) is 0 Å². The number of carbonyl (C=O) groups excluding carboxylic acids is 1. The second kappa shape index (κ2) is 4.91. The average Bonchev–Trinajstić information content (AvgIpc) is 2.46. The lowest BCUT2D eigenvalue weighted by Gasteiger charge is -2.31. The van der Waals surface area contributed by atoms with Gasteiger partial charge < -0.3 is 9.64 Å². The van der Waals surface area contributed by atoms with Gasteiger partial charge in [0.25, 0.3) is 0 Å². The Morgan fingerprint density at radius 1 is 1.20 bits per heavy atom. The molecule has 2 aromatic carbocycles. The summed E-state index contributed by atoms with van der Waals surface area (Å²) in [6, 6.07) is 10.7. The summed E-state index contributed by atoms with van der Waals surface area (Å²) in [5.74, 6) is -0.240. The maximum absolute atomic E-state index is 12.0. The molecule has 0 fully saturated rings. The molecule has 20 heavy (non-hydrogen) atoms. The first-order valence-corrected chi connectivity index (χ1v) is 6.90. The highest BCUT2D eigenvalue weighted by Crippen LogP contribution is 2.33. The Hall–Kier alpha value is -1.87. The number of carbonyl (C=O) groups is 1. The topological polar surface area (TPSA) is 29.5 Å². The van der Waals surface area contributed by atoms with Gasteiger partial charge in [0, 0.05) is 6.04 Å². The molecule has 3 nitrogen and oxygen atoms in total. The molecule has 2 aromatic rings. The zero-order chi connectivity index (χ0) is 14.3. The molecule has 3 heteroatoms. The number of nitrogens with zero attached hydrogens (tertiary/aromatic N) is 1. The SMILES string of the molecule is COC(=O)c1ccc2cccc3c2c1CC(N(C)C)C3. The molecule has 0 saturated heterocycles. The van der Waals surface area contributed by atoms with E-state index in [-0.39, 0.29) is 5.97 Å². The van der Waals surface area contributed by atoms with Crippen LogP contribution in [0.25, 0.3) is 10.8 Å². The molecule has 1 aliphatic carbocycles. The number of hydrogen-bond acceptors (Lipinski definition) is 3. The van der Waals surface area contributed by atoms with Crippen LogP contribution in [0.2, 0.25) is 0 Å². The molecule has 1 aliphatic rings. The summed E-state index contributed by atoms with van der Waals surface area (Å²) in [6.07, 6.45) is 1.92. The van der Waals surface area contributed by atoms with E-state index in [4.69, 9.17) is 4.74 Å². The van der Waals surface area contributed by atoms with Crippen molar-refractivity contribution in [3.63, 3.8) is 0 Å². The summed E-state index contributed by atoms with van der Waals surface area (Å²) in [6.45, 7) is 0. The Morgan fingerprint density at radius 2 is 2.00 bits per heavy atom. The van der Waals surface area contributed by atoms with Gasteiger partial charge in [-0.25, -0.2) is 4.79 Å². The largest absolute Gasteiger partial charge is 0.465 e. The number of likely N-dealkylation sites (N-methyl/N-ethyl adjacent to an activating group) is 1. The van der Waals surface area contributed by atoms with Crippen molar-refractivity contribution in [1.29, 1.82) is 0 Å². The second-order valence-electron chi connectivity index (χ2n) is 5.62. The van der Waals surface area contributed by atoms with Crippen LogP contribution in [0.5, 0.6) is 0 Å². The van der Waals surface area contributed by atoms with Crippen molar-refractivity contribution in [2.75, 3.05) is 21.2 Å². The van der Waals surface area contributed by atoms with Gasteiger partial charge in [0.2, 0.25) is 0 Å². The highest BCUT2D eigenvalue weighted by molar-refractivity contribution is 6.00. The van der Waals surface area contributed by atoms with Gasteiger partial charge in [-0.15, -0.1) is 0 Å². The van der Waals surface area contributed by atoms with E-state index in [2.05, 4.69) is 37.2 Å². The van der Waals surface area contributed by atoms with Crippen LogP contribution in [0.15, 0.2) is 30.3 Å². The van der Waals surface area contributed by atoms with Crippen LogP contribution in [0, 0.1) is 0 Å². The van der Waals surface area contributed by atoms with E-state index in [1.807, 2.05) is 12.1 Å². The zero-order valence-electron chi connectivity index (χ0n) is 12.1. The molecule has 1 atom stereocenters. The molecule has 0 N–H and O–H groups in total. The molecule has 0 amide bonds. The van der Waals surface area contributed by atoms with E-state index in [1.54, 1.807) is 0 Å². The van der Waals surface area contributed by atoms with Crippen LogP contribution in [0.4, 0.5) is 0 Å². The van der Waals surface area contributed by atoms with E-state index in [0.717, 1.165) is 18.4 Å². The molecule has 0 saturated carbocycles. The monoisotopic (exact) mass is 269 g/mol. The smallest absolute Gasteiger partial charge is 0.338 e. The number of esters is 1. The van der Waals surface area contributed by atoms with Crippen molar-refractivity contribution in [3.8, 4) is 0 Å². The Morgan fingerprint density at radius 3 is 2.70 bits per heavy atom. The van der Waals surface area contributed by atoms with Crippen LogP contribution in [0.1, 0.15) is 21.5 Å². The summed E-state index contributed by atoms with van der Waals surface area (Å²) >= 11 is 0. The minimum Gasteiger partial charge on any atom is -0.465 e. The number of rotatable bonds is 2. The zero-order valence-corrected chi connectivity index (χ0v) is 12.1. The summed E-state index contributed by atoms with van der Waals surface area (Å²) in [7, 11) is 5.63. The molecule has 0 spiro atoms. The van der Waals surface area contributed by atoms with Gasteiger partial charge in [-0.3, -0.25) is 0 Å². The molecule has 0 radical (unpaired) electrons. The number of methoxy groups -OCH3 is 1. The molecular weight excluding hydrogens is 250 g/mol. The standard InChI is InChI=1S/C17H19NO2/c1-18(2)13-9-12-6-4-5-11-7-8-14(17(19)20-3)15(10-13)16(11)12/h4-8,13H,9-10H2,1-3H3.